The number of halogens is 1. The second-order valence-electron chi connectivity index (χ2n) is 4.92. The summed E-state index contributed by atoms with van der Waals surface area (Å²) in [4.78, 5) is 17.3. The van der Waals surface area contributed by atoms with E-state index >= 15 is 0 Å². The fourth-order valence-corrected chi connectivity index (χ4v) is 2.99. The number of amides is 1. The largest absolute Gasteiger partial charge is 0.356 e. The van der Waals surface area contributed by atoms with E-state index in [1.807, 2.05) is 11.0 Å². The van der Waals surface area contributed by atoms with Crippen molar-refractivity contribution in [1.82, 2.24) is 9.88 Å². The number of carbonyl (C=O) groups excluding carboxylic acids is 1. The molecule has 3 N–H and O–H groups in total. The van der Waals surface area contributed by atoms with E-state index in [0.717, 1.165) is 23.9 Å². The first-order valence-corrected chi connectivity index (χ1v) is 7.30. The Balaban J connectivity index is 2.10. The lowest BCUT2D eigenvalue weighted by atomic mass is 9.88. The Morgan fingerprint density at radius 2 is 2.44 bits per heavy atom. The van der Waals surface area contributed by atoms with E-state index in [4.69, 9.17) is 5.73 Å². The maximum Gasteiger partial charge on any atom is 0.270 e. The number of hydrogen-bond acceptors (Lipinski definition) is 2. The quantitative estimate of drug-likeness (QED) is 0.900. The third-order valence-electron chi connectivity index (χ3n) is 3.81. The molecule has 1 aromatic heterocycles. The predicted molar refractivity (Wildman–Crippen MR) is 75.4 cm³/mol. The zero-order valence-electron chi connectivity index (χ0n) is 10.7. The summed E-state index contributed by atoms with van der Waals surface area (Å²) < 4.78 is 0.901. The SMILES string of the molecule is CCC1CCN(C(=O)c2cc(Br)c[nH]2)C(CN)C1. The van der Waals surface area contributed by atoms with Gasteiger partial charge >= 0.3 is 0 Å². The zero-order valence-corrected chi connectivity index (χ0v) is 12.2. The summed E-state index contributed by atoms with van der Waals surface area (Å²) in [6.45, 7) is 3.57. The number of hydrogen-bond donors (Lipinski definition) is 2. The molecule has 2 heterocycles. The lowest BCUT2D eigenvalue weighted by molar-refractivity contribution is 0.0553. The van der Waals surface area contributed by atoms with Crippen LogP contribution < -0.4 is 5.73 Å². The fraction of sp³-hybridized carbons (Fsp3) is 0.615. The highest BCUT2D eigenvalue weighted by Crippen LogP contribution is 2.26. The van der Waals surface area contributed by atoms with Crippen LogP contribution in [0.3, 0.4) is 0 Å². The second kappa shape index (κ2) is 5.89. The third-order valence-corrected chi connectivity index (χ3v) is 4.27. The van der Waals surface area contributed by atoms with E-state index in [1.54, 1.807) is 6.20 Å². The average molecular weight is 314 g/mol. The van der Waals surface area contributed by atoms with Gasteiger partial charge < -0.3 is 15.6 Å². The molecular weight excluding hydrogens is 294 g/mol. The van der Waals surface area contributed by atoms with Crippen LogP contribution in [0.25, 0.3) is 0 Å². The van der Waals surface area contributed by atoms with E-state index < -0.39 is 0 Å². The molecule has 1 aromatic rings. The van der Waals surface area contributed by atoms with Crippen molar-refractivity contribution in [3.63, 3.8) is 0 Å². The third kappa shape index (κ3) is 2.78. The first-order valence-electron chi connectivity index (χ1n) is 6.50. The Labute approximate surface area is 116 Å². The normalized spacial score (nSPS) is 24.3. The van der Waals surface area contributed by atoms with Crippen molar-refractivity contribution in [3.8, 4) is 0 Å². The predicted octanol–water partition coefficient (Wildman–Crippen LogP) is 2.37. The topological polar surface area (TPSA) is 62.1 Å². The van der Waals surface area contributed by atoms with Gasteiger partial charge in [0.25, 0.3) is 5.91 Å². The van der Waals surface area contributed by atoms with Gasteiger partial charge in [0.1, 0.15) is 5.69 Å². The number of H-pyrrole nitrogens is 1. The molecule has 4 nitrogen and oxygen atoms in total. The summed E-state index contributed by atoms with van der Waals surface area (Å²) in [5.41, 5.74) is 6.45. The van der Waals surface area contributed by atoms with Gasteiger partial charge in [-0.05, 0) is 40.8 Å². The van der Waals surface area contributed by atoms with Crippen LogP contribution in [0.1, 0.15) is 36.7 Å². The van der Waals surface area contributed by atoms with E-state index in [1.165, 1.54) is 6.42 Å². The van der Waals surface area contributed by atoms with E-state index in [0.29, 0.717) is 18.2 Å². The molecule has 2 rings (SSSR count). The molecule has 0 spiro atoms. The Morgan fingerprint density at radius 1 is 1.67 bits per heavy atom. The van der Waals surface area contributed by atoms with Crippen molar-refractivity contribution in [2.75, 3.05) is 13.1 Å². The van der Waals surface area contributed by atoms with Gasteiger partial charge in [-0.25, -0.2) is 0 Å². The average Bonchev–Trinajstić information content (AvgIpc) is 2.83. The molecule has 1 aliphatic rings. The molecule has 1 aliphatic heterocycles. The van der Waals surface area contributed by atoms with Crippen LogP contribution in [0.15, 0.2) is 16.7 Å². The van der Waals surface area contributed by atoms with Gasteiger partial charge in [0.15, 0.2) is 0 Å². The second-order valence-corrected chi connectivity index (χ2v) is 5.83. The standard InChI is InChI=1S/C13H20BrN3O/c1-2-9-3-4-17(11(5-9)7-15)13(18)12-6-10(14)8-16-12/h6,8-9,11,16H,2-5,7,15H2,1H3. The minimum absolute atomic E-state index is 0.0608. The molecule has 2 unspecified atom stereocenters. The van der Waals surface area contributed by atoms with Crippen molar-refractivity contribution in [3.05, 3.63) is 22.4 Å². The lowest BCUT2D eigenvalue weighted by Crippen LogP contribution is -2.49. The summed E-state index contributed by atoms with van der Waals surface area (Å²) in [7, 11) is 0. The number of rotatable bonds is 3. The molecule has 2 atom stereocenters. The number of carbonyl (C=O) groups is 1. The van der Waals surface area contributed by atoms with Gasteiger partial charge in [0.05, 0.1) is 0 Å². The molecule has 1 amide bonds. The van der Waals surface area contributed by atoms with Gasteiger partial charge in [-0.15, -0.1) is 0 Å². The number of aromatic amines is 1. The highest BCUT2D eigenvalue weighted by Gasteiger charge is 2.30. The summed E-state index contributed by atoms with van der Waals surface area (Å²) in [6, 6.07) is 2.00. The maximum atomic E-state index is 12.4. The Kier molecular flexibility index (Phi) is 4.45. The molecule has 5 heteroatoms. The number of nitrogens with one attached hydrogen (secondary N) is 1. The molecular formula is C13H20BrN3O. The summed E-state index contributed by atoms with van der Waals surface area (Å²) in [6.07, 6.45) is 5.07. The minimum atomic E-state index is 0.0608. The van der Waals surface area contributed by atoms with Crippen LogP contribution in [0, 0.1) is 5.92 Å². The number of piperidine rings is 1. The summed E-state index contributed by atoms with van der Waals surface area (Å²) in [5.74, 6) is 0.767. The Bertz CT molecular complexity index is 418. The zero-order chi connectivity index (χ0) is 13.1. The van der Waals surface area contributed by atoms with Crippen molar-refractivity contribution < 1.29 is 4.79 Å². The van der Waals surface area contributed by atoms with Crippen LogP contribution in [-0.4, -0.2) is 34.9 Å². The van der Waals surface area contributed by atoms with E-state index in [-0.39, 0.29) is 11.9 Å². The number of nitrogens with two attached hydrogens (primary N) is 1. The molecule has 0 aromatic carbocycles. The smallest absolute Gasteiger partial charge is 0.270 e. The highest BCUT2D eigenvalue weighted by molar-refractivity contribution is 9.10. The molecule has 0 saturated carbocycles. The number of nitrogens with zero attached hydrogens (tertiary/aromatic N) is 1. The van der Waals surface area contributed by atoms with Crippen LogP contribution in [0.4, 0.5) is 0 Å². The molecule has 0 bridgehead atoms. The summed E-state index contributed by atoms with van der Waals surface area (Å²) in [5, 5.41) is 0. The van der Waals surface area contributed by atoms with Gasteiger partial charge in [-0.2, -0.15) is 0 Å². The monoisotopic (exact) mass is 313 g/mol. The molecule has 0 radical (unpaired) electrons. The number of aromatic nitrogens is 1. The van der Waals surface area contributed by atoms with Crippen molar-refractivity contribution >= 4 is 21.8 Å². The van der Waals surface area contributed by atoms with Gasteiger partial charge in [-0.1, -0.05) is 13.3 Å². The van der Waals surface area contributed by atoms with Gasteiger partial charge in [-0.3, -0.25) is 4.79 Å². The molecule has 100 valence electrons. The summed E-state index contributed by atoms with van der Waals surface area (Å²) >= 11 is 3.35. The Hall–Kier alpha value is -0.810. The van der Waals surface area contributed by atoms with Crippen molar-refractivity contribution in [2.45, 2.75) is 32.2 Å². The van der Waals surface area contributed by atoms with Crippen molar-refractivity contribution in [2.24, 2.45) is 11.7 Å². The molecule has 1 saturated heterocycles. The fourth-order valence-electron chi connectivity index (χ4n) is 2.64. The van der Waals surface area contributed by atoms with E-state index in [2.05, 4.69) is 27.8 Å². The highest BCUT2D eigenvalue weighted by atomic mass is 79.9. The first kappa shape index (κ1) is 13.6. The van der Waals surface area contributed by atoms with Crippen LogP contribution in [-0.2, 0) is 0 Å². The first-order chi connectivity index (χ1) is 8.65. The minimum Gasteiger partial charge on any atom is -0.356 e. The van der Waals surface area contributed by atoms with Gasteiger partial charge in [0, 0.05) is 29.8 Å². The molecule has 1 fully saturated rings. The van der Waals surface area contributed by atoms with Crippen LogP contribution in [0.5, 0.6) is 0 Å². The van der Waals surface area contributed by atoms with Crippen molar-refractivity contribution in [1.29, 1.82) is 0 Å². The van der Waals surface area contributed by atoms with Crippen LogP contribution >= 0.6 is 15.9 Å². The van der Waals surface area contributed by atoms with Gasteiger partial charge in [0.2, 0.25) is 0 Å². The van der Waals surface area contributed by atoms with Crippen LogP contribution in [0.2, 0.25) is 0 Å². The maximum absolute atomic E-state index is 12.4. The lowest BCUT2D eigenvalue weighted by Gasteiger charge is -2.38. The molecule has 18 heavy (non-hydrogen) atoms. The molecule has 0 aliphatic carbocycles. The number of likely N-dealkylation sites (tertiary alicyclic amines) is 1. The Morgan fingerprint density at radius 3 is 3.00 bits per heavy atom. The van der Waals surface area contributed by atoms with E-state index in [9.17, 15) is 4.79 Å².